The summed E-state index contributed by atoms with van der Waals surface area (Å²) in [6.45, 7) is 4.00. The number of amides is 1. The van der Waals surface area contributed by atoms with Crippen molar-refractivity contribution in [2.24, 2.45) is 0 Å². The van der Waals surface area contributed by atoms with Crippen LogP contribution in [0.15, 0.2) is 48.5 Å². The molecule has 1 fully saturated rings. The molecule has 0 aromatic heterocycles. The van der Waals surface area contributed by atoms with Crippen LogP contribution in [0.5, 0.6) is 0 Å². The van der Waals surface area contributed by atoms with Crippen molar-refractivity contribution >= 4 is 46.1 Å². The quantitative estimate of drug-likeness (QED) is 0.357. The van der Waals surface area contributed by atoms with Crippen LogP contribution in [-0.4, -0.2) is 29.4 Å². The first-order valence-electron chi connectivity index (χ1n) is 9.95. The van der Waals surface area contributed by atoms with Gasteiger partial charge < -0.3 is 9.64 Å². The van der Waals surface area contributed by atoms with Crippen molar-refractivity contribution in [3.05, 3.63) is 68.3 Å². The molecule has 1 heterocycles. The molecule has 154 valence electrons. The zero-order valence-electron chi connectivity index (χ0n) is 16.6. The van der Waals surface area contributed by atoms with E-state index in [0.29, 0.717) is 24.5 Å². The lowest BCUT2D eigenvalue weighted by Crippen LogP contribution is -2.51. The number of halogens is 2. The molecule has 2 aromatic rings. The minimum Gasteiger partial charge on any atom is -0.464 e. The van der Waals surface area contributed by atoms with E-state index in [-0.39, 0.29) is 23.8 Å². The van der Waals surface area contributed by atoms with E-state index in [9.17, 15) is 9.59 Å². The van der Waals surface area contributed by atoms with Crippen molar-refractivity contribution in [2.75, 3.05) is 6.61 Å². The van der Waals surface area contributed by atoms with Gasteiger partial charge in [-0.05, 0) is 77.7 Å². The van der Waals surface area contributed by atoms with Crippen LogP contribution in [0.4, 0.5) is 0 Å². The lowest BCUT2D eigenvalue weighted by Gasteiger charge is -2.44. The van der Waals surface area contributed by atoms with Crippen LogP contribution >= 0.6 is 34.2 Å². The van der Waals surface area contributed by atoms with Crippen LogP contribution in [0.1, 0.15) is 56.2 Å². The number of carbonyl (C=O) groups is 2. The first-order valence-corrected chi connectivity index (χ1v) is 11.4. The molecule has 1 amide bonds. The van der Waals surface area contributed by atoms with E-state index in [4.69, 9.17) is 16.3 Å². The number of esters is 1. The Morgan fingerprint density at radius 1 is 1.21 bits per heavy atom. The third-order valence-corrected chi connectivity index (χ3v) is 6.33. The molecule has 29 heavy (non-hydrogen) atoms. The Morgan fingerprint density at radius 2 is 1.93 bits per heavy atom. The zero-order chi connectivity index (χ0) is 21.0. The smallest absolute Gasteiger partial charge is 0.328 e. The Hall–Kier alpha value is -1.60. The molecule has 4 nitrogen and oxygen atoms in total. The second-order valence-corrected chi connectivity index (χ2v) is 8.86. The average Bonchev–Trinajstić information content (AvgIpc) is 2.70. The molecule has 6 heteroatoms. The highest BCUT2D eigenvalue weighted by Gasteiger charge is 2.43. The highest BCUT2D eigenvalue weighted by molar-refractivity contribution is 14.1. The Morgan fingerprint density at radius 3 is 2.55 bits per heavy atom. The summed E-state index contributed by atoms with van der Waals surface area (Å²) >= 11 is 8.42. The van der Waals surface area contributed by atoms with E-state index in [1.165, 1.54) is 5.56 Å². The van der Waals surface area contributed by atoms with Crippen LogP contribution in [-0.2, 0) is 14.3 Å². The minimum absolute atomic E-state index is 0.00766. The van der Waals surface area contributed by atoms with Gasteiger partial charge in [0, 0.05) is 20.9 Å². The monoisotopic (exact) mass is 525 g/mol. The summed E-state index contributed by atoms with van der Waals surface area (Å²) in [4.78, 5) is 27.6. The summed E-state index contributed by atoms with van der Waals surface area (Å²) in [7, 11) is 0. The summed E-state index contributed by atoms with van der Waals surface area (Å²) < 4.78 is 6.45. The van der Waals surface area contributed by atoms with Gasteiger partial charge in [0.1, 0.15) is 6.04 Å². The van der Waals surface area contributed by atoms with Gasteiger partial charge in [-0.2, -0.15) is 0 Å². The van der Waals surface area contributed by atoms with Gasteiger partial charge in [-0.15, -0.1) is 0 Å². The van der Waals surface area contributed by atoms with Gasteiger partial charge in [0.05, 0.1) is 12.6 Å². The maximum Gasteiger partial charge on any atom is 0.328 e. The van der Waals surface area contributed by atoms with Gasteiger partial charge in [0.15, 0.2) is 0 Å². The third kappa shape index (κ3) is 4.94. The predicted molar refractivity (Wildman–Crippen MR) is 123 cm³/mol. The van der Waals surface area contributed by atoms with Crippen molar-refractivity contribution in [3.63, 3.8) is 0 Å². The summed E-state index contributed by atoms with van der Waals surface area (Å²) in [6, 6.07) is 15.1. The predicted octanol–water partition coefficient (Wildman–Crippen LogP) is 5.73. The molecular weight excluding hydrogens is 501 g/mol. The van der Waals surface area contributed by atoms with Crippen molar-refractivity contribution in [3.8, 4) is 0 Å². The Bertz CT molecular complexity index is 871. The standard InChI is InChI=1S/C23H25ClINO3/c1-3-20(23(28)29-4-2)26-21(27)13-12-19(16-6-5-7-18(25)14-16)22(26)15-8-10-17(24)11-9-15/h5-11,14,19-20,22H,3-4,12-13H2,1-2H3/t19-,20+,22?/m1/s1. The molecule has 0 aliphatic carbocycles. The van der Waals surface area contributed by atoms with E-state index in [1.807, 2.05) is 37.3 Å². The van der Waals surface area contributed by atoms with Gasteiger partial charge in [-0.1, -0.05) is 42.8 Å². The van der Waals surface area contributed by atoms with E-state index >= 15 is 0 Å². The summed E-state index contributed by atoms with van der Waals surface area (Å²) in [5.41, 5.74) is 2.15. The molecule has 1 aliphatic rings. The first-order chi connectivity index (χ1) is 14.0. The average molecular weight is 526 g/mol. The van der Waals surface area contributed by atoms with Crippen LogP contribution in [0, 0.1) is 3.57 Å². The lowest BCUT2D eigenvalue weighted by molar-refractivity contribution is -0.159. The lowest BCUT2D eigenvalue weighted by atomic mass is 9.79. The van der Waals surface area contributed by atoms with Crippen LogP contribution in [0.3, 0.4) is 0 Å². The van der Waals surface area contributed by atoms with Gasteiger partial charge in [0.25, 0.3) is 0 Å². The molecule has 1 saturated heterocycles. The second kappa shape index (κ2) is 9.94. The molecule has 2 aromatic carbocycles. The SMILES string of the molecule is CCOC(=O)[C@H](CC)N1C(=O)CC[C@H](c2cccc(I)c2)C1c1ccc(Cl)cc1. The van der Waals surface area contributed by atoms with Gasteiger partial charge >= 0.3 is 5.97 Å². The number of likely N-dealkylation sites (tertiary alicyclic amines) is 1. The molecular formula is C23H25ClINO3. The number of rotatable bonds is 6. The summed E-state index contributed by atoms with van der Waals surface area (Å²) in [5, 5.41) is 0.644. The second-order valence-electron chi connectivity index (χ2n) is 7.17. The van der Waals surface area contributed by atoms with Crippen molar-refractivity contribution < 1.29 is 14.3 Å². The van der Waals surface area contributed by atoms with Gasteiger partial charge in [-0.3, -0.25) is 4.79 Å². The third-order valence-electron chi connectivity index (χ3n) is 5.41. The van der Waals surface area contributed by atoms with E-state index in [2.05, 4.69) is 40.8 Å². The molecule has 1 unspecified atom stereocenters. The van der Waals surface area contributed by atoms with E-state index in [1.54, 1.807) is 11.8 Å². The van der Waals surface area contributed by atoms with Gasteiger partial charge in [0.2, 0.25) is 5.91 Å². The summed E-state index contributed by atoms with van der Waals surface area (Å²) in [5.74, 6) is -0.260. The topological polar surface area (TPSA) is 46.6 Å². The van der Waals surface area contributed by atoms with Crippen molar-refractivity contribution in [1.29, 1.82) is 0 Å². The Kier molecular flexibility index (Phi) is 7.57. The van der Waals surface area contributed by atoms with Crippen molar-refractivity contribution in [2.45, 2.75) is 51.1 Å². The van der Waals surface area contributed by atoms with Crippen LogP contribution in [0.25, 0.3) is 0 Å². The molecule has 0 radical (unpaired) electrons. The number of carbonyl (C=O) groups excluding carboxylic acids is 2. The van der Waals surface area contributed by atoms with Gasteiger partial charge in [-0.25, -0.2) is 4.79 Å². The highest BCUT2D eigenvalue weighted by Crippen LogP contribution is 2.45. The van der Waals surface area contributed by atoms with E-state index in [0.717, 1.165) is 15.6 Å². The number of ether oxygens (including phenoxy) is 1. The zero-order valence-corrected chi connectivity index (χ0v) is 19.5. The minimum atomic E-state index is -0.603. The number of piperidine rings is 1. The fourth-order valence-corrected chi connectivity index (χ4v) is 4.83. The highest BCUT2D eigenvalue weighted by atomic mass is 127. The molecule has 3 rings (SSSR count). The Balaban J connectivity index is 2.10. The normalized spacial score (nSPS) is 20.4. The maximum atomic E-state index is 13.1. The molecule has 0 saturated carbocycles. The number of nitrogens with zero attached hydrogens (tertiary/aromatic N) is 1. The largest absolute Gasteiger partial charge is 0.464 e. The van der Waals surface area contributed by atoms with Crippen molar-refractivity contribution in [1.82, 2.24) is 4.90 Å². The number of hydrogen-bond acceptors (Lipinski definition) is 3. The van der Waals surface area contributed by atoms with E-state index < -0.39 is 6.04 Å². The number of benzene rings is 2. The fraction of sp³-hybridized carbons (Fsp3) is 0.391. The fourth-order valence-electron chi connectivity index (χ4n) is 4.14. The maximum absolute atomic E-state index is 13.1. The Labute approximate surface area is 190 Å². The van der Waals surface area contributed by atoms with Crippen LogP contribution < -0.4 is 0 Å². The first kappa shape index (κ1) is 22.1. The molecule has 3 atom stereocenters. The number of hydrogen-bond donors (Lipinski definition) is 0. The molecule has 0 N–H and O–H groups in total. The molecule has 0 spiro atoms. The molecule has 1 aliphatic heterocycles. The molecule has 0 bridgehead atoms. The van der Waals surface area contributed by atoms with Crippen LogP contribution in [0.2, 0.25) is 5.02 Å². The summed E-state index contributed by atoms with van der Waals surface area (Å²) in [6.07, 6.45) is 1.66.